The molecule has 8 heteroatoms. The molecule has 138 valence electrons. The van der Waals surface area contributed by atoms with Crippen LogP contribution in [0.25, 0.3) is 0 Å². The molecule has 26 heavy (non-hydrogen) atoms. The molecule has 1 saturated heterocycles. The summed E-state index contributed by atoms with van der Waals surface area (Å²) >= 11 is 1.65. The van der Waals surface area contributed by atoms with Gasteiger partial charge < -0.3 is 19.7 Å². The summed E-state index contributed by atoms with van der Waals surface area (Å²) in [6, 6.07) is 7.59. The molecule has 4 rings (SSSR count). The molecule has 3 heterocycles. The third-order valence-electron chi connectivity index (χ3n) is 4.52. The number of carbonyl (C=O) groups excluding carboxylic acids is 1. The average molecular weight is 374 g/mol. The van der Waals surface area contributed by atoms with Crippen LogP contribution in [0.2, 0.25) is 0 Å². The third-order valence-corrected chi connectivity index (χ3v) is 5.36. The van der Waals surface area contributed by atoms with Crippen LogP contribution in [0.3, 0.4) is 0 Å². The lowest BCUT2D eigenvalue weighted by Gasteiger charge is -2.34. The van der Waals surface area contributed by atoms with E-state index in [2.05, 4.69) is 20.1 Å². The first-order valence-electron chi connectivity index (χ1n) is 8.80. The topological polar surface area (TPSA) is 66.9 Å². The Morgan fingerprint density at radius 2 is 2.04 bits per heavy atom. The number of hydrogen-bond acceptors (Lipinski definition) is 7. The molecule has 0 spiro atoms. The molecule has 2 aliphatic rings. The van der Waals surface area contributed by atoms with Crippen LogP contribution < -0.4 is 19.7 Å². The molecule has 1 unspecified atom stereocenters. The Bertz CT molecular complexity index is 732. The summed E-state index contributed by atoms with van der Waals surface area (Å²) in [5, 5.41) is 6.01. The first kappa shape index (κ1) is 17.1. The van der Waals surface area contributed by atoms with Crippen LogP contribution in [-0.4, -0.2) is 67.8 Å². The highest BCUT2D eigenvalue weighted by Crippen LogP contribution is 2.30. The molecule has 1 N–H and O–H groups in total. The highest BCUT2D eigenvalue weighted by atomic mass is 32.1. The van der Waals surface area contributed by atoms with Crippen molar-refractivity contribution in [3.05, 3.63) is 35.8 Å². The molecule has 7 nitrogen and oxygen atoms in total. The van der Waals surface area contributed by atoms with Crippen LogP contribution in [0, 0.1) is 0 Å². The van der Waals surface area contributed by atoms with Gasteiger partial charge in [0.2, 0.25) is 5.91 Å². The van der Waals surface area contributed by atoms with Gasteiger partial charge in [0.1, 0.15) is 12.7 Å². The summed E-state index contributed by atoms with van der Waals surface area (Å²) in [5.41, 5.74) is 0. The van der Waals surface area contributed by atoms with E-state index in [-0.39, 0.29) is 12.0 Å². The van der Waals surface area contributed by atoms with E-state index in [0.29, 0.717) is 19.7 Å². The number of carbonyl (C=O) groups is 1. The normalized spacial score (nSPS) is 20.0. The Balaban J connectivity index is 1.18. The standard InChI is InChI=1S/C18H22N4O3S/c23-17(12-21-6-8-22(9-7-21)18-19-5-10-26-18)20-11-14-13-24-15-3-1-2-4-16(15)25-14/h1-5,10,14H,6-9,11-13H2,(H,20,23). The smallest absolute Gasteiger partial charge is 0.234 e. The van der Waals surface area contributed by atoms with Crippen LogP contribution in [-0.2, 0) is 4.79 Å². The summed E-state index contributed by atoms with van der Waals surface area (Å²) in [4.78, 5) is 21.0. The van der Waals surface area contributed by atoms with Crippen LogP contribution in [0.1, 0.15) is 0 Å². The molecular weight excluding hydrogens is 352 g/mol. The van der Waals surface area contributed by atoms with Crippen molar-refractivity contribution < 1.29 is 14.3 Å². The number of para-hydroxylation sites is 2. The summed E-state index contributed by atoms with van der Waals surface area (Å²) < 4.78 is 11.5. The van der Waals surface area contributed by atoms with Gasteiger partial charge >= 0.3 is 0 Å². The number of benzene rings is 1. The Morgan fingerprint density at radius 1 is 1.23 bits per heavy atom. The van der Waals surface area contributed by atoms with Crippen LogP contribution in [0.5, 0.6) is 11.5 Å². The summed E-state index contributed by atoms with van der Waals surface area (Å²) in [6.45, 7) is 4.84. The van der Waals surface area contributed by atoms with Gasteiger partial charge in [-0.25, -0.2) is 4.98 Å². The van der Waals surface area contributed by atoms with Gasteiger partial charge in [-0.15, -0.1) is 11.3 Å². The molecule has 2 aliphatic heterocycles. The predicted molar refractivity (Wildman–Crippen MR) is 100 cm³/mol. The fourth-order valence-electron chi connectivity index (χ4n) is 3.12. The number of nitrogens with zero attached hydrogens (tertiary/aromatic N) is 3. The number of fused-ring (bicyclic) bond motifs is 1. The Labute approximate surface area is 156 Å². The Kier molecular flexibility index (Phi) is 5.21. The second-order valence-electron chi connectivity index (χ2n) is 6.38. The fraction of sp³-hybridized carbons (Fsp3) is 0.444. The number of thiazole rings is 1. The van der Waals surface area contributed by atoms with Crippen molar-refractivity contribution in [1.29, 1.82) is 0 Å². The van der Waals surface area contributed by atoms with Gasteiger partial charge in [-0.3, -0.25) is 9.69 Å². The second-order valence-corrected chi connectivity index (χ2v) is 7.25. The molecule has 1 atom stereocenters. The molecule has 1 aromatic heterocycles. The Morgan fingerprint density at radius 3 is 2.81 bits per heavy atom. The summed E-state index contributed by atoms with van der Waals surface area (Å²) in [7, 11) is 0. The van der Waals surface area contributed by atoms with Gasteiger partial charge in [-0.1, -0.05) is 12.1 Å². The lowest BCUT2D eigenvalue weighted by Crippen LogP contribution is -2.50. The highest BCUT2D eigenvalue weighted by molar-refractivity contribution is 7.13. The number of aromatic nitrogens is 1. The maximum Gasteiger partial charge on any atom is 0.234 e. The lowest BCUT2D eigenvalue weighted by molar-refractivity contribution is -0.122. The van der Waals surface area contributed by atoms with E-state index in [1.54, 1.807) is 11.3 Å². The first-order chi connectivity index (χ1) is 12.8. The number of anilines is 1. The molecule has 1 amide bonds. The lowest BCUT2D eigenvalue weighted by atomic mass is 10.2. The Hall–Kier alpha value is -2.32. The van der Waals surface area contributed by atoms with Crippen LogP contribution in [0.15, 0.2) is 35.8 Å². The zero-order valence-electron chi connectivity index (χ0n) is 14.5. The number of ether oxygens (including phenoxy) is 2. The van der Waals surface area contributed by atoms with Gasteiger partial charge in [0.05, 0.1) is 13.1 Å². The van der Waals surface area contributed by atoms with Crippen molar-refractivity contribution in [1.82, 2.24) is 15.2 Å². The minimum atomic E-state index is -0.157. The van der Waals surface area contributed by atoms with Crippen molar-refractivity contribution in [3.63, 3.8) is 0 Å². The largest absolute Gasteiger partial charge is 0.486 e. The minimum Gasteiger partial charge on any atom is -0.486 e. The van der Waals surface area contributed by atoms with E-state index >= 15 is 0 Å². The zero-order valence-corrected chi connectivity index (χ0v) is 15.3. The van der Waals surface area contributed by atoms with Crippen LogP contribution in [0.4, 0.5) is 5.13 Å². The molecule has 1 aromatic carbocycles. The molecule has 1 fully saturated rings. The monoisotopic (exact) mass is 374 g/mol. The maximum atomic E-state index is 12.2. The second kappa shape index (κ2) is 7.92. The van der Waals surface area contributed by atoms with E-state index in [0.717, 1.165) is 42.8 Å². The van der Waals surface area contributed by atoms with Gasteiger partial charge in [0.25, 0.3) is 0 Å². The summed E-state index contributed by atoms with van der Waals surface area (Å²) in [5.74, 6) is 1.51. The SMILES string of the molecule is O=C(CN1CCN(c2nccs2)CC1)NCC1COc2ccccc2O1. The zero-order chi connectivity index (χ0) is 17.8. The number of amides is 1. The maximum absolute atomic E-state index is 12.2. The van der Waals surface area contributed by atoms with E-state index in [1.165, 1.54) is 0 Å². The quantitative estimate of drug-likeness (QED) is 0.849. The van der Waals surface area contributed by atoms with E-state index < -0.39 is 0 Å². The van der Waals surface area contributed by atoms with Crippen molar-refractivity contribution in [2.45, 2.75) is 6.10 Å². The van der Waals surface area contributed by atoms with Gasteiger partial charge in [-0.05, 0) is 12.1 Å². The molecule has 0 bridgehead atoms. The molecule has 0 radical (unpaired) electrons. The van der Waals surface area contributed by atoms with Crippen molar-refractivity contribution in [2.24, 2.45) is 0 Å². The molecular formula is C18H22N4O3S. The highest BCUT2D eigenvalue weighted by Gasteiger charge is 2.23. The number of rotatable bonds is 5. The van der Waals surface area contributed by atoms with Gasteiger partial charge in [0.15, 0.2) is 16.6 Å². The van der Waals surface area contributed by atoms with E-state index in [9.17, 15) is 4.79 Å². The molecule has 0 aliphatic carbocycles. The summed E-state index contributed by atoms with van der Waals surface area (Å²) in [6.07, 6.45) is 1.67. The number of hydrogen-bond donors (Lipinski definition) is 1. The fourth-order valence-corrected chi connectivity index (χ4v) is 3.82. The predicted octanol–water partition coefficient (Wildman–Crippen LogP) is 1.22. The average Bonchev–Trinajstić information content (AvgIpc) is 3.22. The van der Waals surface area contributed by atoms with E-state index in [1.807, 2.05) is 35.8 Å². The minimum absolute atomic E-state index is 0.0233. The van der Waals surface area contributed by atoms with Crippen molar-refractivity contribution in [3.8, 4) is 11.5 Å². The van der Waals surface area contributed by atoms with Crippen molar-refractivity contribution >= 4 is 22.4 Å². The van der Waals surface area contributed by atoms with Gasteiger partial charge in [0, 0.05) is 37.8 Å². The third kappa shape index (κ3) is 4.08. The van der Waals surface area contributed by atoms with Crippen molar-refractivity contribution in [2.75, 3.05) is 50.8 Å². The van der Waals surface area contributed by atoms with Gasteiger partial charge in [-0.2, -0.15) is 0 Å². The molecule has 0 saturated carbocycles. The van der Waals surface area contributed by atoms with E-state index in [4.69, 9.17) is 9.47 Å². The van der Waals surface area contributed by atoms with Crippen LogP contribution >= 0.6 is 11.3 Å². The number of piperazine rings is 1. The number of nitrogens with one attached hydrogen (secondary N) is 1. The molecule has 2 aromatic rings. The first-order valence-corrected chi connectivity index (χ1v) is 9.68.